The smallest absolute Gasteiger partial charge is 0.244 e. The molecular formula is C17H30N4O. The minimum atomic E-state index is -0.180. The fraction of sp³-hybridized carbons (Fsp3) is 0.765. The molecule has 1 N–H and O–H groups in total. The normalized spacial score (nSPS) is 17.9. The van der Waals surface area contributed by atoms with Crippen LogP contribution in [0.1, 0.15) is 57.9 Å². The van der Waals surface area contributed by atoms with E-state index in [1.54, 1.807) is 10.9 Å². The van der Waals surface area contributed by atoms with Crippen molar-refractivity contribution >= 4 is 5.91 Å². The van der Waals surface area contributed by atoms with Crippen molar-refractivity contribution in [2.24, 2.45) is 0 Å². The van der Waals surface area contributed by atoms with Crippen molar-refractivity contribution in [2.75, 3.05) is 26.2 Å². The summed E-state index contributed by atoms with van der Waals surface area (Å²) in [5.41, 5.74) is 0. The van der Waals surface area contributed by atoms with E-state index in [2.05, 4.69) is 15.3 Å². The van der Waals surface area contributed by atoms with E-state index in [9.17, 15) is 4.79 Å². The molecule has 1 aliphatic heterocycles. The maximum absolute atomic E-state index is 12.2. The number of carbonyl (C=O) groups excluding carboxylic acids is 1. The maximum atomic E-state index is 12.2. The van der Waals surface area contributed by atoms with E-state index < -0.39 is 0 Å². The van der Waals surface area contributed by atoms with Gasteiger partial charge < -0.3 is 10.2 Å². The minimum absolute atomic E-state index is 0.0842. The Kier molecular flexibility index (Phi) is 7.43. The topological polar surface area (TPSA) is 50.2 Å². The van der Waals surface area contributed by atoms with Gasteiger partial charge in [0.25, 0.3) is 0 Å². The summed E-state index contributed by atoms with van der Waals surface area (Å²) in [7, 11) is 0. The van der Waals surface area contributed by atoms with Crippen LogP contribution in [0.15, 0.2) is 18.5 Å². The average Bonchev–Trinajstić information content (AvgIpc) is 2.91. The highest BCUT2D eigenvalue weighted by atomic mass is 16.2. The predicted molar refractivity (Wildman–Crippen MR) is 88.7 cm³/mol. The quantitative estimate of drug-likeness (QED) is 0.751. The molecule has 5 heteroatoms. The number of hydrogen-bond acceptors (Lipinski definition) is 3. The first-order valence-electron chi connectivity index (χ1n) is 8.80. The minimum Gasteiger partial charge on any atom is -0.354 e. The van der Waals surface area contributed by atoms with Gasteiger partial charge in [0.05, 0.1) is 0 Å². The van der Waals surface area contributed by atoms with Crippen molar-refractivity contribution in [1.82, 2.24) is 20.0 Å². The highest BCUT2D eigenvalue weighted by Crippen LogP contribution is 2.11. The Hall–Kier alpha value is -1.36. The predicted octanol–water partition coefficient (Wildman–Crippen LogP) is 2.61. The molecule has 0 bridgehead atoms. The molecule has 2 heterocycles. The third kappa shape index (κ3) is 5.44. The van der Waals surface area contributed by atoms with Crippen LogP contribution in [0.2, 0.25) is 0 Å². The lowest BCUT2D eigenvalue weighted by molar-refractivity contribution is -0.124. The van der Waals surface area contributed by atoms with E-state index in [0.29, 0.717) is 0 Å². The van der Waals surface area contributed by atoms with E-state index in [4.69, 9.17) is 0 Å². The maximum Gasteiger partial charge on any atom is 0.244 e. The van der Waals surface area contributed by atoms with Crippen LogP contribution in [-0.4, -0.2) is 46.8 Å². The van der Waals surface area contributed by atoms with Crippen LogP contribution in [0, 0.1) is 0 Å². The molecule has 0 spiro atoms. The highest BCUT2D eigenvalue weighted by molar-refractivity contribution is 5.80. The third-order valence-electron chi connectivity index (χ3n) is 4.43. The van der Waals surface area contributed by atoms with Crippen LogP contribution < -0.4 is 5.32 Å². The molecule has 1 aliphatic rings. The van der Waals surface area contributed by atoms with Crippen LogP contribution in [0.25, 0.3) is 0 Å². The summed E-state index contributed by atoms with van der Waals surface area (Å²) in [5, 5.41) is 7.23. The van der Waals surface area contributed by atoms with Crippen molar-refractivity contribution in [3.8, 4) is 0 Å². The first-order chi connectivity index (χ1) is 10.8. The van der Waals surface area contributed by atoms with Gasteiger partial charge in [0.15, 0.2) is 0 Å². The van der Waals surface area contributed by atoms with Gasteiger partial charge in [0.2, 0.25) is 5.91 Å². The number of aromatic nitrogens is 2. The van der Waals surface area contributed by atoms with Crippen LogP contribution in [0.4, 0.5) is 0 Å². The number of nitrogens with one attached hydrogen (secondary N) is 1. The summed E-state index contributed by atoms with van der Waals surface area (Å²) in [5.74, 6) is 0.0842. The number of hydrogen-bond donors (Lipinski definition) is 1. The zero-order chi connectivity index (χ0) is 15.6. The third-order valence-corrected chi connectivity index (χ3v) is 4.43. The fourth-order valence-electron chi connectivity index (χ4n) is 3.11. The largest absolute Gasteiger partial charge is 0.354 e. The van der Waals surface area contributed by atoms with Gasteiger partial charge in [-0.15, -0.1) is 0 Å². The second-order valence-corrected chi connectivity index (χ2v) is 6.16. The fourth-order valence-corrected chi connectivity index (χ4v) is 3.11. The summed E-state index contributed by atoms with van der Waals surface area (Å²) < 4.78 is 1.74. The highest BCUT2D eigenvalue weighted by Gasteiger charge is 2.17. The van der Waals surface area contributed by atoms with Crippen LogP contribution in [0.5, 0.6) is 0 Å². The number of unbranched alkanes of at least 4 members (excludes halogenated alkanes) is 1. The van der Waals surface area contributed by atoms with E-state index in [1.807, 2.05) is 19.2 Å². The van der Waals surface area contributed by atoms with Crippen molar-refractivity contribution in [3.05, 3.63) is 18.5 Å². The van der Waals surface area contributed by atoms with Gasteiger partial charge in [0.1, 0.15) is 6.04 Å². The molecule has 0 aliphatic carbocycles. The van der Waals surface area contributed by atoms with Gasteiger partial charge in [-0.1, -0.05) is 19.8 Å². The molecule has 1 aromatic rings. The summed E-state index contributed by atoms with van der Waals surface area (Å²) in [6.07, 6.45) is 12.0. The van der Waals surface area contributed by atoms with E-state index in [1.165, 1.54) is 51.7 Å². The molecule has 2 rings (SSSR count). The standard InChI is InChI=1S/C17H30N4O/c1-2-16(21-15-9-11-19-21)17(22)18-10-5-8-14-20-12-6-3-4-7-13-20/h9,11,15-16H,2-8,10,12-14H2,1H3,(H,18,22). The Labute approximate surface area is 134 Å². The second-order valence-electron chi connectivity index (χ2n) is 6.16. The summed E-state index contributed by atoms with van der Waals surface area (Å²) in [6, 6.07) is 1.68. The molecule has 1 amide bonds. The Balaban J connectivity index is 1.60. The van der Waals surface area contributed by atoms with Gasteiger partial charge in [-0.05, 0) is 57.8 Å². The zero-order valence-electron chi connectivity index (χ0n) is 13.8. The van der Waals surface area contributed by atoms with Crippen LogP contribution in [-0.2, 0) is 4.79 Å². The molecule has 22 heavy (non-hydrogen) atoms. The molecule has 124 valence electrons. The number of rotatable bonds is 8. The summed E-state index contributed by atoms with van der Waals surface area (Å²) in [6.45, 7) is 6.47. The first-order valence-corrected chi connectivity index (χ1v) is 8.80. The number of nitrogens with zero attached hydrogens (tertiary/aromatic N) is 3. The van der Waals surface area contributed by atoms with Crippen molar-refractivity contribution in [1.29, 1.82) is 0 Å². The van der Waals surface area contributed by atoms with Gasteiger partial charge in [-0.2, -0.15) is 5.10 Å². The van der Waals surface area contributed by atoms with Crippen molar-refractivity contribution < 1.29 is 4.79 Å². The first kappa shape index (κ1) is 17.0. The summed E-state index contributed by atoms with van der Waals surface area (Å²) >= 11 is 0. The Bertz CT molecular complexity index is 410. The van der Waals surface area contributed by atoms with Gasteiger partial charge in [-0.3, -0.25) is 9.48 Å². The lowest BCUT2D eigenvalue weighted by Gasteiger charge is -2.19. The molecule has 0 saturated carbocycles. The van der Waals surface area contributed by atoms with Gasteiger partial charge >= 0.3 is 0 Å². The molecule has 1 unspecified atom stereocenters. The summed E-state index contributed by atoms with van der Waals surface area (Å²) in [4.78, 5) is 14.8. The zero-order valence-corrected chi connectivity index (χ0v) is 13.8. The van der Waals surface area contributed by atoms with Crippen molar-refractivity contribution in [3.63, 3.8) is 0 Å². The second kappa shape index (κ2) is 9.62. The number of amides is 1. The lowest BCUT2D eigenvalue weighted by Crippen LogP contribution is -2.33. The molecule has 1 atom stereocenters. The molecule has 0 aromatic carbocycles. The molecule has 1 aromatic heterocycles. The van der Waals surface area contributed by atoms with E-state index >= 15 is 0 Å². The van der Waals surface area contributed by atoms with E-state index in [0.717, 1.165) is 19.4 Å². The number of carbonyl (C=O) groups is 1. The lowest BCUT2D eigenvalue weighted by atomic mass is 10.2. The monoisotopic (exact) mass is 306 g/mol. The van der Waals surface area contributed by atoms with E-state index in [-0.39, 0.29) is 11.9 Å². The van der Waals surface area contributed by atoms with Gasteiger partial charge in [-0.25, -0.2) is 0 Å². The SMILES string of the molecule is CCC(C(=O)NCCCCN1CCCCCC1)n1cccn1. The molecule has 1 saturated heterocycles. The molecule has 0 radical (unpaired) electrons. The molecular weight excluding hydrogens is 276 g/mol. The van der Waals surface area contributed by atoms with Gasteiger partial charge in [0, 0.05) is 18.9 Å². The molecule has 1 fully saturated rings. The van der Waals surface area contributed by atoms with Crippen molar-refractivity contribution in [2.45, 2.75) is 57.9 Å². The number of likely N-dealkylation sites (tertiary alicyclic amines) is 1. The Morgan fingerprint density at radius 1 is 1.23 bits per heavy atom. The average molecular weight is 306 g/mol. The van der Waals surface area contributed by atoms with Crippen LogP contribution >= 0.6 is 0 Å². The Morgan fingerprint density at radius 3 is 2.64 bits per heavy atom. The van der Waals surface area contributed by atoms with Crippen LogP contribution in [0.3, 0.4) is 0 Å². The molecule has 5 nitrogen and oxygen atoms in total. The Morgan fingerprint density at radius 2 is 2.00 bits per heavy atom.